The number of anilines is 1. The summed E-state index contributed by atoms with van der Waals surface area (Å²) in [5.74, 6) is -0.251. The molecule has 1 aliphatic rings. The summed E-state index contributed by atoms with van der Waals surface area (Å²) in [6.45, 7) is 1.81. The molecule has 6 nitrogen and oxygen atoms in total. The number of hydrogen-bond donors (Lipinski definition) is 2. The molecule has 2 amide bonds. The second kappa shape index (κ2) is 10.3. The van der Waals surface area contributed by atoms with E-state index >= 15 is 0 Å². The molecule has 0 aliphatic carbocycles. The first kappa shape index (κ1) is 20.4. The van der Waals surface area contributed by atoms with E-state index in [0.29, 0.717) is 11.3 Å². The van der Waals surface area contributed by atoms with Crippen LogP contribution in [0.5, 0.6) is 0 Å². The molecule has 1 fully saturated rings. The van der Waals surface area contributed by atoms with Gasteiger partial charge in [0.1, 0.15) is 6.04 Å². The first-order valence-corrected chi connectivity index (χ1v) is 8.06. The van der Waals surface area contributed by atoms with Crippen molar-refractivity contribution in [3.8, 4) is 0 Å². The number of carbonyl (C=O) groups is 2. The maximum atomic E-state index is 12.5. The second-order valence-corrected chi connectivity index (χ2v) is 5.83. The lowest BCUT2D eigenvalue weighted by Gasteiger charge is -2.20. The smallest absolute Gasteiger partial charge is 0.253 e. The molecule has 1 saturated heterocycles. The van der Waals surface area contributed by atoms with Crippen LogP contribution in [-0.2, 0) is 9.53 Å². The van der Waals surface area contributed by atoms with E-state index in [1.807, 2.05) is 4.90 Å². The van der Waals surface area contributed by atoms with Crippen molar-refractivity contribution in [2.45, 2.75) is 31.7 Å². The van der Waals surface area contributed by atoms with E-state index in [1.54, 1.807) is 24.3 Å². The Morgan fingerprint density at radius 2 is 1.75 bits per heavy atom. The van der Waals surface area contributed by atoms with Gasteiger partial charge >= 0.3 is 0 Å². The van der Waals surface area contributed by atoms with Crippen molar-refractivity contribution in [3.63, 3.8) is 0 Å². The molecule has 1 heterocycles. The van der Waals surface area contributed by atoms with E-state index in [9.17, 15) is 9.59 Å². The topological polar surface area (TPSA) is 84.7 Å². The summed E-state index contributed by atoms with van der Waals surface area (Å²) in [6.07, 6.45) is 4.52. The Labute approximate surface area is 149 Å². The number of ether oxygens (including phenoxy) is 1. The molecule has 134 valence electrons. The Morgan fingerprint density at radius 1 is 1.17 bits per heavy atom. The number of nitrogens with two attached hydrogens (primary N) is 1. The first-order chi connectivity index (χ1) is 11.1. The minimum absolute atomic E-state index is 0. The average Bonchev–Trinajstić information content (AvgIpc) is 2.84. The Kier molecular flexibility index (Phi) is 8.74. The standard InChI is InChI=1S/C17H25N3O3.ClH/c1-23-12-15(18)16(21)19-14-8-6-13(7-9-14)17(22)20-10-4-2-3-5-11-20;/h6-9,15H,2-5,10-12,18H2,1H3,(H,19,21);1H. The summed E-state index contributed by atoms with van der Waals surface area (Å²) < 4.78 is 4.85. The van der Waals surface area contributed by atoms with E-state index < -0.39 is 6.04 Å². The maximum absolute atomic E-state index is 12.5. The summed E-state index contributed by atoms with van der Waals surface area (Å²) in [6, 6.07) is 6.22. The summed E-state index contributed by atoms with van der Waals surface area (Å²) in [7, 11) is 1.50. The molecular weight excluding hydrogens is 330 g/mol. The third kappa shape index (κ3) is 5.78. The highest BCUT2D eigenvalue weighted by molar-refractivity contribution is 5.97. The number of hydrogen-bond acceptors (Lipinski definition) is 4. The number of carbonyl (C=O) groups excluding carboxylic acids is 2. The number of amides is 2. The van der Waals surface area contributed by atoms with Gasteiger partial charge in [0.2, 0.25) is 5.91 Å². The SMILES string of the molecule is COCC(N)C(=O)Nc1ccc(C(=O)N2CCCCCC2)cc1.Cl. The van der Waals surface area contributed by atoms with Gasteiger partial charge in [0, 0.05) is 31.5 Å². The van der Waals surface area contributed by atoms with Crippen LogP contribution < -0.4 is 11.1 Å². The van der Waals surface area contributed by atoms with Crippen molar-refractivity contribution >= 4 is 29.9 Å². The molecule has 0 saturated carbocycles. The third-order valence-corrected chi connectivity index (χ3v) is 3.98. The minimum atomic E-state index is -0.710. The van der Waals surface area contributed by atoms with Crippen LogP contribution in [0.3, 0.4) is 0 Å². The highest BCUT2D eigenvalue weighted by atomic mass is 35.5. The zero-order valence-corrected chi connectivity index (χ0v) is 14.8. The first-order valence-electron chi connectivity index (χ1n) is 8.06. The fourth-order valence-electron chi connectivity index (χ4n) is 2.64. The van der Waals surface area contributed by atoms with Crippen molar-refractivity contribution < 1.29 is 14.3 Å². The maximum Gasteiger partial charge on any atom is 0.253 e. The van der Waals surface area contributed by atoms with Crippen molar-refractivity contribution in [1.82, 2.24) is 4.90 Å². The van der Waals surface area contributed by atoms with Crippen LogP contribution in [0.1, 0.15) is 36.0 Å². The predicted octanol–water partition coefficient (Wildman–Crippen LogP) is 2.04. The summed E-state index contributed by atoms with van der Waals surface area (Å²) in [4.78, 5) is 26.2. The molecule has 2 rings (SSSR count). The van der Waals surface area contributed by atoms with Crippen molar-refractivity contribution in [3.05, 3.63) is 29.8 Å². The predicted molar refractivity (Wildman–Crippen MR) is 96.5 cm³/mol. The Morgan fingerprint density at radius 3 is 2.29 bits per heavy atom. The van der Waals surface area contributed by atoms with Crippen LogP contribution in [0.15, 0.2) is 24.3 Å². The van der Waals surface area contributed by atoms with Gasteiger partial charge in [-0.05, 0) is 37.1 Å². The minimum Gasteiger partial charge on any atom is -0.383 e. The lowest BCUT2D eigenvalue weighted by Crippen LogP contribution is -2.39. The lowest BCUT2D eigenvalue weighted by atomic mass is 10.1. The summed E-state index contributed by atoms with van der Waals surface area (Å²) in [5, 5.41) is 2.71. The van der Waals surface area contributed by atoms with Crippen molar-refractivity contribution in [2.24, 2.45) is 5.73 Å². The van der Waals surface area contributed by atoms with Gasteiger partial charge in [-0.3, -0.25) is 9.59 Å². The fourth-order valence-corrected chi connectivity index (χ4v) is 2.64. The molecule has 0 radical (unpaired) electrons. The van der Waals surface area contributed by atoms with E-state index in [4.69, 9.17) is 10.5 Å². The number of methoxy groups -OCH3 is 1. The van der Waals surface area contributed by atoms with Gasteiger partial charge in [-0.25, -0.2) is 0 Å². The van der Waals surface area contributed by atoms with Crippen LogP contribution in [-0.4, -0.2) is 49.6 Å². The van der Waals surface area contributed by atoms with Gasteiger partial charge in [-0.15, -0.1) is 12.4 Å². The molecule has 7 heteroatoms. The van der Waals surface area contributed by atoms with Crippen LogP contribution in [0, 0.1) is 0 Å². The average molecular weight is 356 g/mol. The zero-order chi connectivity index (χ0) is 16.7. The molecule has 1 atom stereocenters. The van der Waals surface area contributed by atoms with Gasteiger partial charge in [0.25, 0.3) is 5.91 Å². The van der Waals surface area contributed by atoms with Gasteiger partial charge < -0.3 is 20.7 Å². The quantitative estimate of drug-likeness (QED) is 0.846. The Bertz CT molecular complexity index is 528. The van der Waals surface area contributed by atoms with Gasteiger partial charge in [0.05, 0.1) is 6.61 Å². The molecule has 24 heavy (non-hydrogen) atoms. The number of halogens is 1. The summed E-state index contributed by atoms with van der Waals surface area (Å²) >= 11 is 0. The van der Waals surface area contributed by atoms with Crippen molar-refractivity contribution in [2.75, 3.05) is 32.1 Å². The van der Waals surface area contributed by atoms with Crippen LogP contribution >= 0.6 is 12.4 Å². The monoisotopic (exact) mass is 355 g/mol. The molecule has 3 N–H and O–H groups in total. The molecule has 0 spiro atoms. The van der Waals surface area contributed by atoms with Gasteiger partial charge in [-0.1, -0.05) is 12.8 Å². The highest BCUT2D eigenvalue weighted by Gasteiger charge is 2.17. The number of nitrogens with one attached hydrogen (secondary N) is 1. The van der Waals surface area contributed by atoms with Crippen LogP contribution in [0.25, 0.3) is 0 Å². The van der Waals surface area contributed by atoms with Gasteiger partial charge in [-0.2, -0.15) is 0 Å². The van der Waals surface area contributed by atoms with Crippen LogP contribution in [0.2, 0.25) is 0 Å². The molecule has 1 aliphatic heterocycles. The van der Waals surface area contributed by atoms with E-state index in [-0.39, 0.29) is 30.8 Å². The molecule has 1 unspecified atom stereocenters. The number of nitrogens with zero attached hydrogens (tertiary/aromatic N) is 1. The number of rotatable bonds is 5. The van der Waals surface area contributed by atoms with Crippen LogP contribution in [0.4, 0.5) is 5.69 Å². The Hall–Kier alpha value is -1.63. The zero-order valence-electron chi connectivity index (χ0n) is 14.0. The summed E-state index contributed by atoms with van der Waals surface area (Å²) in [5.41, 5.74) is 6.93. The highest BCUT2D eigenvalue weighted by Crippen LogP contribution is 2.15. The van der Waals surface area contributed by atoms with E-state index in [1.165, 1.54) is 20.0 Å². The molecule has 1 aromatic carbocycles. The van der Waals surface area contributed by atoms with E-state index in [0.717, 1.165) is 25.9 Å². The Balaban J connectivity index is 0.00000288. The molecule has 0 aromatic heterocycles. The second-order valence-electron chi connectivity index (χ2n) is 5.83. The normalized spacial score (nSPS) is 15.8. The molecule has 0 bridgehead atoms. The number of likely N-dealkylation sites (tertiary alicyclic amines) is 1. The van der Waals surface area contributed by atoms with E-state index in [2.05, 4.69) is 5.32 Å². The lowest BCUT2D eigenvalue weighted by molar-refractivity contribution is -0.118. The molecule has 1 aromatic rings. The third-order valence-electron chi connectivity index (χ3n) is 3.98. The largest absolute Gasteiger partial charge is 0.383 e. The fraction of sp³-hybridized carbons (Fsp3) is 0.529. The molecular formula is C17H26ClN3O3. The van der Waals surface area contributed by atoms with Gasteiger partial charge in [0.15, 0.2) is 0 Å². The number of benzene rings is 1. The van der Waals surface area contributed by atoms with Crippen molar-refractivity contribution in [1.29, 1.82) is 0 Å².